The monoisotopic (exact) mass is 411 g/mol. The van der Waals surface area contributed by atoms with Crippen molar-refractivity contribution in [3.05, 3.63) is 70.2 Å². The molecule has 2 nitrogen and oxygen atoms in total. The van der Waals surface area contributed by atoms with Gasteiger partial charge in [-0.05, 0) is 79.2 Å². The number of benzene rings is 2. The molecule has 2 unspecified atom stereocenters. The molecule has 1 heterocycles. The lowest BCUT2D eigenvalue weighted by molar-refractivity contribution is 0.0934. The standard InChI is InChI=1S/C23H26BrNO/c1-2-25-12-11-23(19-6-4-8-22(26)14-19)15-18(9-10-20(23)16-25)17-5-3-7-21(24)13-17/h3-9,13-14,20,26H,2,10-12,15-16H2,1H3. The van der Waals surface area contributed by atoms with Gasteiger partial charge in [0.25, 0.3) is 0 Å². The van der Waals surface area contributed by atoms with Crippen LogP contribution in [-0.4, -0.2) is 29.6 Å². The van der Waals surface area contributed by atoms with Crippen molar-refractivity contribution < 1.29 is 5.11 Å². The average molecular weight is 412 g/mol. The second-order valence-electron chi connectivity index (χ2n) is 7.70. The second-order valence-corrected chi connectivity index (χ2v) is 8.61. The maximum atomic E-state index is 10.1. The van der Waals surface area contributed by atoms with Gasteiger partial charge in [0, 0.05) is 16.4 Å². The Morgan fingerprint density at radius 2 is 2.04 bits per heavy atom. The van der Waals surface area contributed by atoms with Gasteiger partial charge in [0.15, 0.2) is 0 Å². The number of hydrogen-bond donors (Lipinski definition) is 1. The summed E-state index contributed by atoms with van der Waals surface area (Å²) in [5.74, 6) is 0.987. The number of fused-ring (bicyclic) bond motifs is 1. The van der Waals surface area contributed by atoms with Crippen molar-refractivity contribution in [3.8, 4) is 5.75 Å². The van der Waals surface area contributed by atoms with E-state index in [4.69, 9.17) is 0 Å². The first-order chi connectivity index (χ1) is 12.6. The van der Waals surface area contributed by atoms with Crippen molar-refractivity contribution in [1.29, 1.82) is 0 Å². The quantitative estimate of drug-likeness (QED) is 0.708. The molecule has 2 atom stereocenters. The van der Waals surface area contributed by atoms with E-state index >= 15 is 0 Å². The Bertz CT molecular complexity index is 830. The van der Waals surface area contributed by atoms with Crippen LogP contribution in [0.2, 0.25) is 0 Å². The van der Waals surface area contributed by atoms with Crippen molar-refractivity contribution in [2.24, 2.45) is 5.92 Å². The van der Waals surface area contributed by atoms with Gasteiger partial charge in [0.2, 0.25) is 0 Å². The number of halogens is 1. The predicted molar refractivity (Wildman–Crippen MR) is 111 cm³/mol. The first kappa shape index (κ1) is 17.8. The predicted octanol–water partition coefficient (Wildman–Crippen LogP) is 5.61. The molecule has 26 heavy (non-hydrogen) atoms. The molecule has 0 saturated carbocycles. The zero-order valence-corrected chi connectivity index (χ0v) is 16.9. The fourth-order valence-corrected chi connectivity index (χ4v) is 5.26. The molecule has 4 rings (SSSR count). The highest BCUT2D eigenvalue weighted by atomic mass is 79.9. The molecule has 1 aliphatic carbocycles. The molecule has 2 aromatic carbocycles. The van der Waals surface area contributed by atoms with E-state index in [1.54, 1.807) is 6.07 Å². The zero-order valence-electron chi connectivity index (χ0n) is 15.3. The number of phenols is 1. The molecule has 0 aromatic heterocycles. The van der Waals surface area contributed by atoms with E-state index in [1.807, 2.05) is 12.1 Å². The van der Waals surface area contributed by atoms with E-state index in [0.717, 1.165) is 43.4 Å². The van der Waals surface area contributed by atoms with Gasteiger partial charge in [-0.15, -0.1) is 0 Å². The Morgan fingerprint density at radius 1 is 1.19 bits per heavy atom. The van der Waals surface area contributed by atoms with Gasteiger partial charge in [-0.1, -0.05) is 53.2 Å². The lowest BCUT2D eigenvalue weighted by Crippen LogP contribution is -2.51. The number of aromatic hydroxyl groups is 1. The third kappa shape index (κ3) is 3.23. The molecule has 0 amide bonds. The SMILES string of the molecule is CCN1CCC2(c3cccc(O)c3)CC(c3cccc(Br)c3)=CCC2C1. The van der Waals surface area contributed by atoms with Gasteiger partial charge in [-0.3, -0.25) is 0 Å². The number of allylic oxidation sites excluding steroid dienone is 2. The third-order valence-electron chi connectivity index (χ3n) is 6.35. The summed E-state index contributed by atoms with van der Waals surface area (Å²) in [4.78, 5) is 2.57. The van der Waals surface area contributed by atoms with Crippen LogP contribution in [0.5, 0.6) is 5.75 Å². The minimum atomic E-state index is 0.122. The fraction of sp³-hybridized carbons (Fsp3) is 0.391. The van der Waals surface area contributed by atoms with E-state index < -0.39 is 0 Å². The molecule has 0 bridgehead atoms. The van der Waals surface area contributed by atoms with Gasteiger partial charge < -0.3 is 10.0 Å². The van der Waals surface area contributed by atoms with Crippen LogP contribution in [0, 0.1) is 5.92 Å². The number of phenolic OH excluding ortho intramolecular Hbond substituents is 1. The topological polar surface area (TPSA) is 23.5 Å². The number of rotatable bonds is 3. The van der Waals surface area contributed by atoms with Gasteiger partial charge in [-0.25, -0.2) is 0 Å². The number of likely N-dealkylation sites (tertiary alicyclic amines) is 1. The summed E-state index contributed by atoms with van der Waals surface area (Å²) in [5, 5.41) is 10.1. The molecular weight excluding hydrogens is 386 g/mol. The molecular formula is C23H26BrNO. The largest absolute Gasteiger partial charge is 0.508 e. The van der Waals surface area contributed by atoms with Crippen LogP contribution in [0.4, 0.5) is 0 Å². The van der Waals surface area contributed by atoms with Crippen molar-refractivity contribution >= 4 is 21.5 Å². The Balaban J connectivity index is 1.76. The highest BCUT2D eigenvalue weighted by Crippen LogP contribution is 2.51. The van der Waals surface area contributed by atoms with Crippen LogP contribution in [0.15, 0.2) is 59.1 Å². The summed E-state index contributed by atoms with van der Waals surface area (Å²) in [7, 11) is 0. The van der Waals surface area contributed by atoms with E-state index in [2.05, 4.69) is 64.2 Å². The Morgan fingerprint density at radius 3 is 2.81 bits per heavy atom. The fourth-order valence-electron chi connectivity index (χ4n) is 4.86. The molecule has 0 spiro atoms. The van der Waals surface area contributed by atoms with E-state index in [9.17, 15) is 5.11 Å². The molecule has 1 saturated heterocycles. The molecule has 2 aromatic rings. The van der Waals surface area contributed by atoms with Crippen molar-refractivity contribution in [3.63, 3.8) is 0 Å². The summed E-state index contributed by atoms with van der Waals surface area (Å²) in [6.07, 6.45) is 5.76. The maximum Gasteiger partial charge on any atom is 0.115 e. The highest BCUT2D eigenvalue weighted by Gasteiger charge is 2.45. The molecule has 1 aliphatic heterocycles. The number of piperidine rings is 1. The van der Waals surface area contributed by atoms with Crippen LogP contribution < -0.4 is 0 Å². The summed E-state index contributed by atoms with van der Waals surface area (Å²) < 4.78 is 1.13. The van der Waals surface area contributed by atoms with Crippen LogP contribution in [-0.2, 0) is 5.41 Å². The summed E-state index contributed by atoms with van der Waals surface area (Å²) >= 11 is 3.62. The summed E-state index contributed by atoms with van der Waals surface area (Å²) in [6.45, 7) is 5.66. The number of nitrogens with zero attached hydrogens (tertiary/aromatic N) is 1. The molecule has 3 heteroatoms. The molecule has 136 valence electrons. The first-order valence-corrected chi connectivity index (χ1v) is 10.4. The lowest BCUT2D eigenvalue weighted by Gasteiger charge is -2.51. The maximum absolute atomic E-state index is 10.1. The second kappa shape index (κ2) is 7.21. The van der Waals surface area contributed by atoms with Crippen LogP contribution in [0.25, 0.3) is 5.57 Å². The minimum Gasteiger partial charge on any atom is -0.508 e. The number of hydrogen-bond acceptors (Lipinski definition) is 2. The Labute approximate surface area is 164 Å². The van der Waals surface area contributed by atoms with Crippen LogP contribution in [0.3, 0.4) is 0 Å². The van der Waals surface area contributed by atoms with Gasteiger partial charge >= 0.3 is 0 Å². The Hall–Kier alpha value is -1.58. The molecule has 2 aliphatic rings. The summed E-state index contributed by atoms with van der Waals surface area (Å²) in [5.41, 5.74) is 4.18. The van der Waals surface area contributed by atoms with Gasteiger partial charge in [0.05, 0.1) is 0 Å². The normalized spacial score (nSPS) is 26.2. The molecule has 1 fully saturated rings. The average Bonchev–Trinajstić information content (AvgIpc) is 2.67. The van der Waals surface area contributed by atoms with E-state index in [1.165, 1.54) is 16.7 Å². The molecule has 0 radical (unpaired) electrons. The highest BCUT2D eigenvalue weighted by molar-refractivity contribution is 9.10. The lowest BCUT2D eigenvalue weighted by atomic mass is 9.59. The van der Waals surface area contributed by atoms with Crippen molar-refractivity contribution in [2.45, 2.75) is 31.6 Å². The zero-order chi connectivity index (χ0) is 18.1. The summed E-state index contributed by atoms with van der Waals surface area (Å²) in [6, 6.07) is 16.6. The van der Waals surface area contributed by atoms with Gasteiger partial charge in [-0.2, -0.15) is 0 Å². The van der Waals surface area contributed by atoms with Crippen molar-refractivity contribution in [1.82, 2.24) is 4.90 Å². The van der Waals surface area contributed by atoms with E-state index in [0.29, 0.717) is 11.7 Å². The minimum absolute atomic E-state index is 0.122. The first-order valence-electron chi connectivity index (χ1n) is 9.57. The van der Waals surface area contributed by atoms with Crippen LogP contribution in [0.1, 0.15) is 37.3 Å². The van der Waals surface area contributed by atoms with Crippen LogP contribution >= 0.6 is 15.9 Å². The third-order valence-corrected chi connectivity index (χ3v) is 6.85. The Kier molecular flexibility index (Phi) is 4.94. The van der Waals surface area contributed by atoms with Gasteiger partial charge in [0.1, 0.15) is 5.75 Å². The molecule has 1 N–H and O–H groups in total. The smallest absolute Gasteiger partial charge is 0.115 e. The van der Waals surface area contributed by atoms with E-state index in [-0.39, 0.29) is 5.41 Å². The van der Waals surface area contributed by atoms with Crippen molar-refractivity contribution in [2.75, 3.05) is 19.6 Å².